The van der Waals surface area contributed by atoms with Gasteiger partial charge in [0.2, 0.25) is 0 Å². The first kappa shape index (κ1) is 14.7. The summed E-state index contributed by atoms with van der Waals surface area (Å²) in [6.07, 6.45) is 2.68. The Balaban J connectivity index is 2.58. The minimum Gasteiger partial charge on any atom is -0.462 e. The van der Waals surface area contributed by atoms with E-state index in [0.717, 1.165) is 18.7 Å². The van der Waals surface area contributed by atoms with Crippen molar-refractivity contribution in [1.82, 2.24) is 15.1 Å². The van der Waals surface area contributed by atoms with E-state index in [2.05, 4.69) is 24.3 Å². The van der Waals surface area contributed by atoms with E-state index < -0.39 is 0 Å². The van der Waals surface area contributed by atoms with Crippen molar-refractivity contribution < 1.29 is 9.53 Å². The summed E-state index contributed by atoms with van der Waals surface area (Å²) < 4.78 is 6.72. The molecular formula is C13H23N3O2. The van der Waals surface area contributed by atoms with Crippen LogP contribution in [0, 0.1) is 5.92 Å². The van der Waals surface area contributed by atoms with Crippen molar-refractivity contribution >= 4 is 5.97 Å². The second-order valence-corrected chi connectivity index (χ2v) is 4.71. The molecule has 0 atom stereocenters. The third-order valence-corrected chi connectivity index (χ3v) is 2.75. The average molecular weight is 253 g/mol. The first-order valence-corrected chi connectivity index (χ1v) is 6.45. The monoisotopic (exact) mass is 253 g/mol. The number of esters is 1. The normalized spacial score (nSPS) is 10.9. The fraction of sp³-hybridized carbons (Fsp3) is 0.692. The molecule has 1 aromatic rings. The van der Waals surface area contributed by atoms with Gasteiger partial charge < -0.3 is 10.1 Å². The van der Waals surface area contributed by atoms with E-state index in [9.17, 15) is 4.79 Å². The van der Waals surface area contributed by atoms with Crippen LogP contribution >= 0.6 is 0 Å². The van der Waals surface area contributed by atoms with Gasteiger partial charge in [0.05, 0.1) is 18.5 Å². The number of nitrogens with one attached hydrogen (secondary N) is 1. The molecule has 0 fully saturated rings. The van der Waals surface area contributed by atoms with Gasteiger partial charge in [-0.1, -0.05) is 13.8 Å². The highest BCUT2D eigenvalue weighted by molar-refractivity contribution is 5.90. The van der Waals surface area contributed by atoms with Gasteiger partial charge in [-0.25, -0.2) is 4.79 Å². The minimum absolute atomic E-state index is 0.300. The Kier molecular flexibility index (Phi) is 5.85. The Bertz CT molecular complexity index is 386. The van der Waals surface area contributed by atoms with Gasteiger partial charge in [0, 0.05) is 13.6 Å². The largest absolute Gasteiger partial charge is 0.462 e. The molecule has 0 amide bonds. The summed E-state index contributed by atoms with van der Waals surface area (Å²) in [5, 5.41) is 7.44. The lowest BCUT2D eigenvalue weighted by atomic mass is 10.1. The molecule has 0 aliphatic rings. The fourth-order valence-electron chi connectivity index (χ4n) is 1.65. The topological polar surface area (TPSA) is 56.1 Å². The Morgan fingerprint density at radius 1 is 1.56 bits per heavy atom. The lowest BCUT2D eigenvalue weighted by Crippen LogP contribution is -2.20. The Hall–Kier alpha value is -1.36. The smallest absolute Gasteiger partial charge is 0.341 e. The molecule has 0 radical (unpaired) electrons. The van der Waals surface area contributed by atoms with Crippen LogP contribution in [-0.2, 0) is 18.3 Å². The number of carbonyl (C=O) groups excluding carboxylic acids is 1. The standard InChI is InChI=1S/C13H23N3O2/c1-5-18-13(17)11-8-15-16(4)12(11)9-14-7-6-10(2)3/h8,10,14H,5-7,9H2,1-4H3. The molecule has 0 unspecified atom stereocenters. The average Bonchev–Trinajstić information content (AvgIpc) is 2.66. The molecule has 5 nitrogen and oxygen atoms in total. The molecule has 5 heteroatoms. The van der Waals surface area contributed by atoms with Gasteiger partial charge in [0.15, 0.2) is 0 Å². The third-order valence-electron chi connectivity index (χ3n) is 2.75. The zero-order valence-electron chi connectivity index (χ0n) is 11.7. The summed E-state index contributed by atoms with van der Waals surface area (Å²) >= 11 is 0. The fourth-order valence-corrected chi connectivity index (χ4v) is 1.65. The molecule has 18 heavy (non-hydrogen) atoms. The highest BCUT2D eigenvalue weighted by Crippen LogP contribution is 2.09. The number of aryl methyl sites for hydroxylation is 1. The van der Waals surface area contributed by atoms with Crippen molar-refractivity contribution in [3.8, 4) is 0 Å². The van der Waals surface area contributed by atoms with E-state index in [1.54, 1.807) is 17.8 Å². The maximum atomic E-state index is 11.7. The van der Waals surface area contributed by atoms with Crippen LogP contribution in [0.25, 0.3) is 0 Å². The number of hydrogen-bond donors (Lipinski definition) is 1. The van der Waals surface area contributed by atoms with Crippen molar-refractivity contribution in [1.29, 1.82) is 0 Å². The number of carbonyl (C=O) groups is 1. The lowest BCUT2D eigenvalue weighted by molar-refractivity contribution is 0.0524. The molecule has 1 rings (SSSR count). The van der Waals surface area contributed by atoms with Gasteiger partial charge in [-0.3, -0.25) is 4.68 Å². The molecule has 1 aromatic heterocycles. The Morgan fingerprint density at radius 3 is 2.89 bits per heavy atom. The van der Waals surface area contributed by atoms with Crippen molar-refractivity contribution in [2.75, 3.05) is 13.2 Å². The van der Waals surface area contributed by atoms with Crippen LogP contribution in [-0.4, -0.2) is 28.9 Å². The number of aromatic nitrogens is 2. The molecular weight excluding hydrogens is 230 g/mol. The van der Waals surface area contributed by atoms with Crippen LogP contribution in [0.4, 0.5) is 0 Å². The summed E-state index contributed by atoms with van der Waals surface area (Å²) in [4.78, 5) is 11.7. The van der Waals surface area contributed by atoms with E-state index >= 15 is 0 Å². The molecule has 0 bridgehead atoms. The van der Waals surface area contributed by atoms with Crippen LogP contribution in [0.1, 0.15) is 43.2 Å². The quantitative estimate of drug-likeness (QED) is 0.594. The molecule has 0 aromatic carbocycles. The van der Waals surface area contributed by atoms with Crippen LogP contribution in [0.15, 0.2) is 6.20 Å². The highest BCUT2D eigenvalue weighted by atomic mass is 16.5. The van der Waals surface area contributed by atoms with Gasteiger partial charge >= 0.3 is 5.97 Å². The van der Waals surface area contributed by atoms with Gasteiger partial charge in [-0.15, -0.1) is 0 Å². The van der Waals surface area contributed by atoms with E-state index in [1.165, 1.54) is 0 Å². The highest BCUT2D eigenvalue weighted by Gasteiger charge is 2.16. The summed E-state index contributed by atoms with van der Waals surface area (Å²) in [7, 11) is 1.84. The van der Waals surface area contributed by atoms with Gasteiger partial charge in [0.25, 0.3) is 0 Å². The number of hydrogen-bond acceptors (Lipinski definition) is 4. The summed E-state index contributed by atoms with van der Waals surface area (Å²) in [5.74, 6) is 0.375. The second-order valence-electron chi connectivity index (χ2n) is 4.71. The number of ether oxygens (including phenoxy) is 1. The van der Waals surface area contributed by atoms with Crippen molar-refractivity contribution in [2.24, 2.45) is 13.0 Å². The molecule has 0 saturated heterocycles. The van der Waals surface area contributed by atoms with E-state index in [1.807, 2.05) is 7.05 Å². The maximum Gasteiger partial charge on any atom is 0.341 e. The first-order chi connectivity index (χ1) is 8.56. The molecule has 1 heterocycles. The van der Waals surface area contributed by atoms with Crippen molar-refractivity contribution in [3.05, 3.63) is 17.5 Å². The van der Waals surface area contributed by atoms with Crippen LogP contribution < -0.4 is 5.32 Å². The molecule has 102 valence electrons. The zero-order valence-corrected chi connectivity index (χ0v) is 11.7. The maximum absolute atomic E-state index is 11.7. The Morgan fingerprint density at radius 2 is 2.28 bits per heavy atom. The minimum atomic E-state index is -0.300. The lowest BCUT2D eigenvalue weighted by Gasteiger charge is -2.09. The predicted molar refractivity (Wildman–Crippen MR) is 70.3 cm³/mol. The molecule has 0 spiro atoms. The van der Waals surface area contributed by atoms with Crippen LogP contribution in [0.5, 0.6) is 0 Å². The summed E-state index contributed by atoms with van der Waals surface area (Å²) in [5.41, 5.74) is 1.42. The predicted octanol–water partition coefficient (Wildman–Crippen LogP) is 1.73. The Labute approximate surface area is 109 Å². The van der Waals surface area contributed by atoms with Crippen molar-refractivity contribution in [3.63, 3.8) is 0 Å². The SMILES string of the molecule is CCOC(=O)c1cnn(C)c1CNCCC(C)C. The zero-order chi connectivity index (χ0) is 13.5. The third kappa shape index (κ3) is 4.14. The first-order valence-electron chi connectivity index (χ1n) is 6.45. The van der Waals surface area contributed by atoms with Crippen molar-refractivity contribution in [2.45, 2.75) is 33.7 Å². The van der Waals surface area contributed by atoms with Gasteiger partial charge in [-0.05, 0) is 25.8 Å². The molecule has 0 aliphatic carbocycles. The van der Waals surface area contributed by atoms with Crippen LogP contribution in [0.2, 0.25) is 0 Å². The molecule has 0 aliphatic heterocycles. The molecule has 1 N–H and O–H groups in total. The van der Waals surface area contributed by atoms with Gasteiger partial charge in [0.1, 0.15) is 5.56 Å². The van der Waals surface area contributed by atoms with E-state index in [0.29, 0.717) is 24.6 Å². The number of nitrogens with zero attached hydrogens (tertiary/aromatic N) is 2. The van der Waals surface area contributed by atoms with E-state index in [-0.39, 0.29) is 5.97 Å². The van der Waals surface area contributed by atoms with E-state index in [4.69, 9.17) is 4.74 Å². The molecule has 0 saturated carbocycles. The van der Waals surface area contributed by atoms with Crippen LogP contribution in [0.3, 0.4) is 0 Å². The summed E-state index contributed by atoms with van der Waals surface area (Å²) in [6.45, 7) is 8.14. The number of rotatable bonds is 7. The second kappa shape index (κ2) is 7.16. The summed E-state index contributed by atoms with van der Waals surface area (Å²) in [6, 6.07) is 0. The van der Waals surface area contributed by atoms with Gasteiger partial charge in [-0.2, -0.15) is 5.10 Å².